The molecular weight excluding hydrogens is 278 g/mol. The smallest absolute Gasteiger partial charge is 0.246 e. The molecule has 0 aliphatic rings. The second-order valence-electron chi connectivity index (χ2n) is 5.10. The summed E-state index contributed by atoms with van der Waals surface area (Å²) in [5.74, 6) is -0.190. The number of carbonyl (C=O) groups is 1. The molecule has 22 heavy (non-hydrogen) atoms. The molecule has 0 unspecified atom stereocenters. The van der Waals surface area contributed by atoms with E-state index in [0.29, 0.717) is 10.9 Å². The highest BCUT2D eigenvalue weighted by molar-refractivity contribution is 5.91. The number of para-hydroxylation sites is 1. The number of aryl methyl sites for hydroxylation is 1. The Labute approximate surface area is 127 Å². The van der Waals surface area contributed by atoms with E-state index in [-0.39, 0.29) is 17.9 Å². The molecule has 110 valence electrons. The highest BCUT2D eigenvalue weighted by atomic mass is 16.2. The summed E-state index contributed by atoms with van der Waals surface area (Å²) in [7, 11) is 0. The van der Waals surface area contributed by atoms with Crippen LogP contribution in [0, 0.1) is 6.92 Å². The lowest BCUT2D eigenvalue weighted by molar-refractivity contribution is -0.116. The summed E-state index contributed by atoms with van der Waals surface area (Å²) in [4.78, 5) is 23.9. The first kappa shape index (κ1) is 14.0. The van der Waals surface area contributed by atoms with Crippen molar-refractivity contribution >= 4 is 22.5 Å². The molecule has 2 aromatic carbocycles. The summed E-state index contributed by atoms with van der Waals surface area (Å²) in [6, 6.07) is 14.7. The largest absolute Gasteiger partial charge is 0.324 e. The van der Waals surface area contributed by atoms with Crippen molar-refractivity contribution in [2.75, 3.05) is 5.32 Å². The summed E-state index contributed by atoms with van der Waals surface area (Å²) in [5, 5.41) is 7.42. The highest BCUT2D eigenvalue weighted by Crippen LogP contribution is 2.10. The van der Waals surface area contributed by atoms with E-state index in [1.165, 1.54) is 10.9 Å². The topological polar surface area (TPSA) is 64.0 Å². The molecule has 0 saturated carbocycles. The first-order chi connectivity index (χ1) is 10.6. The molecule has 5 nitrogen and oxygen atoms in total. The Morgan fingerprint density at radius 1 is 1.14 bits per heavy atom. The van der Waals surface area contributed by atoms with E-state index in [0.717, 1.165) is 11.3 Å². The van der Waals surface area contributed by atoms with Gasteiger partial charge in [-0.3, -0.25) is 14.3 Å². The van der Waals surface area contributed by atoms with Gasteiger partial charge in [0.15, 0.2) is 0 Å². The van der Waals surface area contributed by atoms with Crippen LogP contribution in [0.15, 0.2) is 59.5 Å². The summed E-state index contributed by atoms with van der Waals surface area (Å²) < 4.78 is 1.53. The zero-order chi connectivity index (χ0) is 15.5. The molecule has 1 N–H and O–H groups in total. The molecule has 3 aromatic rings. The molecule has 1 heterocycles. The molecule has 0 aliphatic carbocycles. The van der Waals surface area contributed by atoms with E-state index in [2.05, 4.69) is 10.4 Å². The van der Waals surface area contributed by atoms with Gasteiger partial charge in [0.2, 0.25) is 11.3 Å². The van der Waals surface area contributed by atoms with Crippen molar-refractivity contribution in [1.82, 2.24) is 9.78 Å². The average Bonchev–Trinajstić information content (AvgIpc) is 2.53. The third kappa shape index (κ3) is 2.88. The van der Waals surface area contributed by atoms with Gasteiger partial charge in [-0.05, 0) is 31.2 Å². The van der Waals surface area contributed by atoms with E-state index in [1.807, 2.05) is 37.3 Å². The number of benzene rings is 2. The zero-order valence-corrected chi connectivity index (χ0v) is 12.1. The molecule has 0 saturated heterocycles. The minimum absolute atomic E-state index is 0.0503. The van der Waals surface area contributed by atoms with Crippen molar-refractivity contribution in [1.29, 1.82) is 0 Å². The lowest BCUT2D eigenvalue weighted by atomic mass is 10.2. The number of hydrogen-bond acceptors (Lipinski definition) is 3. The maximum atomic E-state index is 12.1. The molecule has 1 amide bonds. The van der Waals surface area contributed by atoms with E-state index >= 15 is 0 Å². The number of carbonyl (C=O) groups excluding carboxylic acids is 1. The second-order valence-corrected chi connectivity index (χ2v) is 5.10. The van der Waals surface area contributed by atoms with Crippen LogP contribution in [0.4, 0.5) is 5.69 Å². The number of hydrogen-bond donors (Lipinski definition) is 1. The fraction of sp³-hybridized carbons (Fsp3) is 0.118. The number of nitrogens with one attached hydrogen (secondary N) is 1. The predicted molar refractivity (Wildman–Crippen MR) is 85.8 cm³/mol. The van der Waals surface area contributed by atoms with Crippen molar-refractivity contribution in [2.24, 2.45) is 0 Å². The van der Waals surface area contributed by atoms with Crippen LogP contribution in [-0.4, -0.2) is 15.7 Å². The first-order valence-electron chi connectivity index (χ1n) is 6.95. The predicted octanol–water partition coefficient (Wildman–Crippen LogP) is 2.34. The van der Waals surface area contributed by atoms with Crippen molar-refractivity contribution in [3.63, 3.8) is 0 Å². The monoisotopic (exact) mass is 293 g/mol. The normalized spacial score (nSPS) is 10.6. The van der Waals surface area contributed by atoms with Gasteiger partial charge in [0.1, 0.15) is 6.54 Å². The average molecular weight is 293 g/mol. The van der Waals surface area contributed by atoms with Gasteiger partial charge >= 0.3 is 0 Å². The number of nitrogens with zero attached hydrogens (tertiary/aromatic N) is 2. The molecule has 0 radical (unpaired) electrons. The standard InChI is InChI=1S/C17H15N3O2/c1-12-6-8-13(9-7-12)19-17(22)11-20-15-5-3-2-4-14(15)16(21)10-18-20/h2-10H,11H2,1H3,(H,19,22). The van der Waals surface area contributed by atoms with Crippen molar-refractivity contribution in [2.45, 2.75) is 13.5 Å². The Morgan fingerprint density at radius 3 is 2.64 bits per heavy atom. The van der Waals surface area contributed by atoms with Gasteiger partial charge in [0.25, 0.3) is 0 Å². The van der Waals surface area contributed by atoms with Crippen LogP contribution >= 0.6 is 0 Å². The Morgan fingerprint density at radius 2 is 1.86 bits per heavy atom. The summed E-state index contributed by atoms with van der Waals surface area (Å²) in [6.45, 7) is 2.04. The first-order valence-corrected chi connectivity index (χ1v) is 6.95. The lowest BCUT2D eigenvalue weighted by Crippen LogP contribution is -2.22. The summed E-state index contributed by atoms with van der Waals surface area (Å²) in [6.07, 6.45) is 1.24. The molecule has 5 heteroatoms. The van der Waals surface area contributed by atoms with Gasteiger partial charge in [-0.1, -0.05) is 29.8 Å². The van der Waals surface area contributed by atoms with Crippen LogP contribution in [0.3, 0.4) is 0 Å². The molecular formula is C17H15N3O2. The fourth-order valence-corrected chi connectivity index (χ4v) is 2.26. The zero-order valence-electron chi connectivity index (χ0n) is 12.1. The minimum Gasteiger partial charge on any atom is -0.324 e. The lowest BCUT2D eigenvalue weighted by Gasteiger charge is -2.10. The summed E-state index contributed by atoms with van der Waals surface area (Å²) >= 11 is 0. The maximum Gasteiger partial charge on any atom is 0.246 e. The molecule has 0 aliphatic heterocycles. The van der Waals surface area contributed by atoms with Gasteiger partial charge in [0.05, 0.1) is 11.7 Å². The maximum absolute atomic E-state index is 12.1. The van der Waals surface area contributed by atoms with Crippen LogP contribution in [0.5, 0.6) is 0 Å². The van der Waals surface area contributed by atoms with E-state index in [1.54, 1.807) is 18.2 Å². The number of aromatic nitrogens is 2. The molecule has 1 aromatic heterocycles. The minimum atomic E-state index is -0.190. The number of anilines is 1. The molecule has 3 rings (SSSR count). The number of rotatable bonds is 3. The third-order valence-electron chi connectivity index (χ3n) is 3.39. The van der Waals surface area contributed by atoms with Crippen LogP contribution in [0.25, 0.3) is 10.9 Å². The molecule has 0 spiro atoms. The molecule has 0 bridgehead atoms. The van der Waals surface area contributed by atoms with Gasteiger partial charge in [-0.25, -0.2) is 0 Å². The van der Waals surface area contributed by atoms with Crippen molar-refractivity contribution in [3.05, 3.63) is 70.5 Å². The Bertz CT molecular complexity index is 882. The van der Waals surface area contributed by atoms with Crippen LogP contribution in [0.1, 0.15) is 5.56 Å². The van der Waals surface area contributed by atoms with Crippen molar-refractivity contribution in [3.8, 4) is 0 Å². The van der Waals surface area contributed by atoms with Gasteiger partial charge < -0.3 is 5.32 Å². The van der Waals surface area contributed by atoms with Gasteiger partial charge in [-0.2, -0.15) is 5.10 Å². The van der Waals surface area contributed by atoms with Gasteiger partial charge in [-0.15, -0.1) is 0 Å². The second kappa shape index (κ2) is 5.81. The number of fused-ring (bicyclic) bond motifs is 1. The van der Waals surface area contributed by atoms with Crippen LogP contribution < -0.4 is 10.7 Å². The quantitative estimate of drug-likeness (QED) is 0.806. The van der Waals surface area contributed by atoms with Crippen molar-refractivity contribution < 1.29 is 4.79 Å². The van der Waals surface area contributed by atoms with Gasteiger partial charge in [0, 0.05) is 11.1 Å². The van der Waals surface area contributed by atoms with E-state index < -0.39 is 0 Å². The van der Waals surface area contributed by atoms with E-state index in [4.69, 9.17) is 0 Å². The number of amides is 1. The van der Waals surface area contributed by atoms with Crippen LogP contribution in [0.2, 0.25) is 0 Å². The highest BCUT2D eigenvalue weighted by Gasteiger charge is 2.08. The SMILES string of the molecule is Cc1ccc(NC(=O)Cn2ncc(=O)c3ccccc32)cc1. The molecule has 0 atom stereocenters. The third-order valence-corrected chi connectivity index (χ3v) is 3.39. The summed E-state index contributed by atoms with van der Waals surface area (Å²) in [5.41, 5.74) is 2.37. The molecule has 0 fully saturated rings. The van der Waals surface area contributed by atoms with E-state index in [9.17, 15) is 9.59 Å². The fourth-order valence-electron chi connectivity index (χ4n) is 2.26. The van der Waals surface area contributed by atoms with Crippen LogP contribution in [-0.2, 0) is 11.3 Å². The Kier molecular flexibility index (Phi) is 3.70. The Balaban J connectivity index is 1.84. The Hall–Kier alpha value is -2.95.